The van der Waals surface area contributed by atoms with Crippen molar-refractivity contribution in [3.8, 4) is 28.4 Å². The summed E-state index contributed by atoms with van der Waals surface area (Å²) in [5.41, 5.74) is 7.75. The summed E-state index contributed by atoms with van der Waals surface area (Å²) in [5, 5.41) is 4.75. The molecule has 0 aliphatic heterocycles. The van der Waals surface area contributed by atoms with Crippen molar-refractivity contribution in [3.05, 3.63) is 53.2 Å². The van der Waals surface area contributed by atoms with Crippen molar-refractivity contribution in [1.82, 2.24) is 9.78 Å². The molecule has 0 bridgehead atoms. The second-order valence-electron chi connectivity index (χ2n) is 5.60. The topological polar surface area (TPSA) is 88.6 Å². The Bertz CT molecular complexity index is 958. The first-order chi connectivity index (χ1) is 13.0. The molecule has 3 rings (SSSR count). The molecule has 0 radical (unpaired) electrons. The van der Waals surface area contributed by atoms with Gasteiger partial charge in [-0.05, 0) is 29.8 Å². The zero-order valence-electron chi connectivity index (χ0n) is 15.0. The molecular formula is C19H18ClN3O4. The predicted molar refractivity (Wildman–Crippen MR) is 103 cm³/mol. The molecule has 7 nitrogen and oxygen atoms in total. The fourth-order valence-corrected chi connectivity index (χ4v) is 2.81. The van der Waals surface area contributed by atoms with Gasteiger partial charge in [0.25, 0.3) is 5.91 Å². The van der Waals surface area contributed by atoms with Crippen LogP contribution in [0.2, 0.25) is 5.02 Å². The first-order valence-electron chi connectivity index (χ1n) is 7.94. The van der Waals surface area contributed by atoms with Crippen LogP contribution in [0.25, 0.3) is 11.1 Å². The van der Waals surface area contributed by atoms with Gasteiger partial charge in [-0.25, -0.2) is 4.68 Å². The number of methoxy groups -OCH3 is 3. The van der Waals surface area contributed by atoms with Gasteiger partial charge in [-0.2, -0.15) is 0 Å². The number of nitrogens with zero attached hydrogens (tertiary/aromatic N) is 2. The molecule has 0 amide bonds. The highest BCUT2D eigenvalue weighted by Gasteiger charge is 2.20. The average molecular weight is 388 g/mol. The largest absolute Gasteiger partial charge is 0.493 e. The third-order valence-corrected chi connectivity index (χ3v) is 4.27. The van der Waals surface area contributed by atoms with Crippen molar-refractivity contribution in [2.24, 2.45) is 0 Å². The predicted octanol–water partition coefficient (Wildman–Crippen LogP) is 3.50. The molecule has 27 heavy (non-hydrogen) atoms. The second kappa shape index (κ2) is 7.59. The SMILES string of the molecule is COc1cc(C(=O)n2cc(-c3ccc(Cl)cc3)c(N)n2)cc(OC)c1OC. The van der Waals surface area contributed by atoms with Crippen LogP contribution >= 0.6 is 11.6 Å². The summed E-state index contributed by atoms with van der Waals surface area (Å²) in [6.45, 7) is 0. The van der Waals surface area contributed by atoms with Crippen molar-refractivity contribution in [3.63, 3.8) is 0 Å². The average Bonchev–Trinajstić information content (AvgIpc) is 3.08. The highest BCUT2D eigenvalue weighted by Crippen LogP contribution is 2.38. The standard InChI is InChI=1S/C19H18ClN3O4/c1-25-15-8-12(9-16(26-2)17(15)27-3)19(24)23-10-14(18(21)22-23)11-4-6-13(20)7-5-11/h4-10H,1-3H3,(H2,21,22). The van der Waals surface area contributed by atoms with Crippen LogP contribution in [0.1, 0.15) is 10.4 Å². The molecule has 140 valence electrons. The number of nitrogens with two attached hydrogens (primary N) is 1. The van der Waals surface area contributed by atoms with Gasteiger partial charge in [-0.15, -0.1) is 5.10 Å². The van der Waals surface area contributed by atoms with Crippen LogP contribution in [0.15, 0.2) is 42.6 Å². The Balaban J connectivity index is 2.02. The van der Waals surface area contributed by atoms with Crippen molar-refractivity contribution in [2.75, 3.05) is 27.1 Å². The number of halogens is 1. The summed E-state index contributed by atoms with van der Waals surface area (Å²) < 4.78 is 17.0. The van der Waals surface area contributed by atoms with Gasteiger partial charge >= 0.3 is 0 Å². The molecule has 0 saturated carbocycles. The minimum absolute atomic E-state index is 0.234. The number of aromatic nitrogens is 2. The Morgan fingerprint density at radius 3 is 2.15 bits per heavy atom. The maximum absolute atomic E-state index is 12.9. The van der Waals surface area contributed by atoms with Gasteiger partial charge in [0.15, 0.2) is 17.3 Å². The summed E-state index contributed by atoms with van der Waals surface area (Å²) in [5.74, 6) is 0.995. The van der Waals surface area contributed by atoms with Gasteiger partial charge in [0, 0.05) is 22.3 Å². The maximum Gasteiger partial charge on any atom is 0.278 e. The minimum atomic E-state index is -0.388. The first kappa shape index (κ1) is 18.6. The van der Waals surface area contributed by atoms with Crippen LogP contribution in [-0.2, 0) is 0 Å². The van der Waals surface area contributed by atoms with Crippen LogP contribution in [0.4, 0.5) is 5.82 Å². The highest BCUT2D eigenvalue weighted by atomic mass is 35.5. The van der Waals surface area contributed by atoms with E-state index in [0.717, 1.165) is 5.56 Å². The van der Waals surface area contributed by atoms with Gasteiger partial charge in [0.1, 0.15) is 0 Å². The first-order valence-corrected chi connectivity index (χ1v) is 8.32. The van der Waals surface area contributed by atoms with Gasteiger partial charge < -0.3 is 19.9 Å². The molecule has 0 saturated heterocycles. The minimum Gasteiger partial charge on any atom is -0.493 e. The van der Waals surface area contributed by atoms with E-state index in [0.29, 0.717) is 33.4 Å². The molecule has 1 heterocycles. The molecule has 0 unspecified atom stereocenters. The van der Waals surface area contributed by atoms with Crippen molar-refractivity contribution < 1.29 is 19.0 Å². The third-order valence-electron chi connectivity index (χ3n) is 4.02. The maximum atomic E-state index is 12.9. The molecule has 1 aromatic heterocycles. The van der Waals surface area contributed by atoms with Crippen LogP contribution in [0, 0.1) is 0 Å². The van der Waals surface area contributed by atoms with E-state index in [1.165, 1.54) is 26.0 Å². The molecule has 0 spiro atoms. The number of benzene rings is 2. The van der Waals surface area contributed by atoms with Gasteiger partial charge in [0.2, 0.25) is 5.75 Å². The lowest BCUT2D eigenvalue weighted by Gasteiger charge is -2.13. The molecule has 8 heteroatoms. The van der Waals surface area contributed by atoms with Gasteiger partial charge in [-0.1, -0.05) is 23.7 Å². The summed E-state index contributed by atoms with van der Waals surface area (Å²) in [6.07, 6.45) is 1.57. The van der Waals surface area contributed by atoms with E-state index in [1.54, 1.807) is 30.5 Å². The number of hydrogen-bond acceptors (Lipinski definition) is 6. The lowest BCUT2D eigenvalue weighted by atomic mass is 10.1. The van der Waals surface area contributed by atoms with E-state index in [2.05, 4.69) is 5.10 Å². The van der Waals surface area contributed by atoms with Crippen LogP contribution in [0.3, 0.4) is 0 Å². The van der Waals surface area contributed by atoms with Crippen LogP contribution in [0.5, 0.6) is 17.2 Å². The lowest BCUT2D eigenvalue weighted by molar-refractivity contribution is 0.0944. The normalized spacial score (nSPS) is 10.5. The summed E-state index contributed by atoms with van der Waals surface area (Å²) in [7, 11) is 4.46. The molecule has 0 aliphatic rings. The number of ether oxygens (including phenoxy) is 3. The third kappa shape index (κ3) is 3.54. The van der Waals surface area contributed by atoms with E-state index in [4.69, 9.17) is 31.5 Å². The second-order valence-corrected chi connectivity index (χ2v) is 6.04. The number of carbonyl (C=O) groups is 1. The van der Waals surface area contributed by atoms with Crippen LogP contribution < -0.4 is 19.9 Å². The molecule has 0 atom stereocenters. The molecule has 3 aromatic rings. The molecule has 0 aliphatic carbocycles. The molecular weight excluding hydrogens is 370 g/mol. The summed E-state index contributed by atoms with van der Waals surface area (Å²) >= 11 is 5.92. The van der Waals surface area contributed by atoms with E-state index in [1.807, 2.05) is 12.1 Å². The Hall–Kier alpha value is -3.19. The lowest BCUT2D eigenvalue weighted by Crippen LogP contribution is -2.13. The monoisotopic (exact) mass is 387 g/mol. The van der Waals surface area contributed by atoms with Crippen molar-refractivity contribution in [2.45, 2.75) is 0 Å². The highest BCUT2D eigenvalue weighted by molar-refractivity contribution is 6.30. The molecule has 2 N–H and O–H groups in total. The van der Waals surface area contributed by atoms with Crippen molar-refractivity contribution in [1.29, 1.82) is 0 Å². The van der Waals surface area contributed by atoms with E-state index >= 15 is 0 Å². The Labute approximate surface area is 161 Å². The Kier molecular flexibility index (Phi) is 5.23. The zero-order valence-corrected chi connectivity index (χ0v) is 15.8. The smallest absolute Gasteiger partial charge is 0.278 e. The Morgan fingerprint density at radius 1 is 1.04 bits per heavy atom. The molecule has 0 fully saturated rings. The number of hydrogen-bond donors (Lipinski definition) is 1. The fraction of sp³-hybridized carbons (Fsp3) is 0.158. The van der Waals surface area contributed by atoms with Crippen molar-refractivity contribution >= 4 is 23.3 Å². The summed E-state index contributed by atoms with van der Waals surface area (Å²) in [4.78, 5) is 12.9. The molecule has 2 aromatic carbocycles. The number of rotatable bonds is 5. The fourth-order valence-electron chi connectivity index (χ4n) is 2.68. The van der Waals surface area contributed by atoms with Gasteiger partial charge in [-0.3, -0.25) is 4.79 Å². The van der Waals surface area contributed by atoms with Gasteiger partial charge in [0.05, 0.1) is 21.3 Å². The number of anilines is 1. The number of nitrogen functional groups attached to an aromatic ring is 1. The summed E-state index contributed by atoms with van der Waals surface area (Å²) in [6, 6.07) is 10.2. The quantitative estimate of drug-likeness (QED) is 0.720. The van der Waals surface area contributed by atoms with E-state index in [9.17, 15) is 4.79 Å². The zero-order chi connectivity index (χ0) is 19.6. The van der Waals surface area contributed by atoms with E-state index < -0.39 is 0 Å². The van der Waals surface area contributed by atoms with E-state index in [-0.39, 0.29) is 11.7 Å². The van der Waals surface area contributed by atoms with Crippen LogP contribution in [-0.4, -0.2) is 37.0 Å². The Morgan fingerprint density at radius 2 is 1.63 bits per heavy atom. The number of carbonyl (C=O) groups excluding carboxylic acids is 1.